The molecular weight excluding hydrogens is 356 g/mol. The molecule has 6 heteroatoms. The maximum atomic E-state index is 12.6. The summed E-state index contributed by atoms with van der Waals surface area (Å²) in [6.07, 6.45) is 0.468. The van der Waals surface area contributed by atoms with Gasteiger partial charge in [0, 0.05) is 26.2 Å². The van der Waals surface area contributed by atoms with Gasteiger partial charge in [-0.25, -0.2) is 0 Å². The third-order valence-corrected chi connectivity index (χ3v) is 5.75. The van der Waals surface area contributed by atoms with Gasteiger partial charge in [0.05, 0.1) is 11.3 Å². The second-order valence-corrected chi connectivity index (χ2v) is 7.73. The molecule has 1 aliphatic rings. The molecule has 0 bridgehead atoms. The fourth-order valence-electron chi connectivity index (χ4n) is 3.23. The molecule has 3 heterocycles. The highest BCUT2D eigenvalue weighted by molar-refractivity contribution is 7.13. The fraction of sp³-hybridized carbons (Fsp3) is 0.286. The van der Waals surface area contributed by atoms with E-state index in [9.17, 15) is 4.79 Å². The molecule has 0 unspecified atom stereocenters. The summed E-state index contributed by atoms with van der Waals surface area (Å²) >= 11 is 1.66. The molecule has 5 nitrogen and oxygen atoms in total. The zero-order chi connectivity index (χ0) is 18.6. The van der Waals surface area contributed by atoms with E-state index in [1.165, 1.54) is 5.56 Å². The van der Waals surface area contributed by atoms with E-state index in [0.29, 0.717) is 6.42 Å². The van der Waals surface area contributed by atoms with E-state index in [4.69, 9.17) is 0 Å². The number of anilines is 1. The zero-order valence-electron chi connectivity index (χ0n) is 15.3. The number of carbonyl (C=O) groups excluding carboxylic acids is 1. The average Bonchev–Trinajstić information content (AvgIpc) is 3.25. The van der Waals surface area contributed by atoms with Crippen LogP contribution in [0.25, 0.3) is 10.6 Å². The first-order valence-corrected chi connectivity index (χ1v) is 10.0. The summed E-state index contributed by atoms with van der Waals surface area (Å²) in [5.74, 6) is 1.07. The molecule has 4 rings (SSSR count). The molecule has 0 atom stereocenters. The molecular formula is C21H22N4OS. The maximum Gasteiger partial charge on any atom is 0.227 e. The van der Waals surface area contributed by atoms with Crippen LogP contribution >= 0.6 is 11.3 Å². The fourth-order valence-corrected chi connectivity index (χ4v) is 3.92. The van der Waals surface area contributed by atoms with E-state index in [1.807, 2.05) is 46.7 Å². The Morgan fingerprint density at radius 2 is 1.78 bits per heavy atom. The Kier molecular flexibility index (Phi) is 5.16. The van der Waals surface area contributed by atoms with Gasteiger partial charge in [-0.15, -0.1) is 21.5 Å². The molecule has 1 saturated heterocycles. The lowest BCUT2D eigenvalue weighted by Gasteiger charge is -2.35. The Hall–Kier alpha value is -2.73. The van der Waals surface area contributed by atoms with Gasteiger partial charge in [-0.3, -0.25) is 4.79 Å². The third kappa shape index (κ3) is 4.17. The number of amides is 1. The van der Waals surface area contributed by atoms with Crippen molar-refractivity contribution in [3.05, 3.63) is 65.0 Å². The molecule has 27 heavy (non-hydrogen) atoms. The molecule has 1 fully saturated rings. The summed E-state index contributed by atoms with van der Waals surface area (Å²) in [7, 11) is 0. The van der Waals surface area contributed by atoms with Crippen LogP contribution in [-0.4, -0.2) is 47.2 Å². The van der Waals surface area contributed by atoms with Gasteiger partial charge in [0.1, 0.15) is 5.69 Å². The van der Waals surface area contributed by atoms with Crippen molar-refractivity contribution in [2.75, 3.05) is 31.1 Å². The number of aryl methyl sites for hydroxylation is 1. The number of nitrogens with zero attached hydrogens (tertiary/aromatic N) is 4. The van der Waals surface area contributed by atoms with Crippen LogP contribution in [0.2, 0.25) is 0 Å². The lowest BCUT2D eigenvalue weighted by atomic mass is 10.1. The smallest absolute Gasteiger partial charge is 0.227 e. The van der Waals surface area contributed by atoms with Crippen molar-refractivity contribution in [1.29, 1.82) is 0 Å². The molecule has 3 aromatic rings. The molecule has 0 spiro atoms. The zero-order valence-corrected chi connectivity index (χ0v) is 16.2. The molecule has 0 aliphatic carbocycles. The van der Waals surface area contributed by atoms with Gasteiger partial charge < -0.3 is 9.80 Å². The van der Waals surface area contributed by atoms with Crippen molar-refractivity contribution >= 4 is 23.1 Å². The van der Waals surface area contributed by atoms with Crippen LogP contribution in [0, 0.1) is 6.92 Å². The summed E-state index contributed by atoms with van der Waals surface area (Å²) in [5.41, 5.74) is 3.19. The average molecular weight is 379 g/mol. The van der Waals surface area contributed by atoms with Crippen LogP contribution in [0.5, 0.6) is 0 Å². The third-order valence-electron chi connectivity index (χ3n) is 4.86. The molecule has 1 aromatic carbocycles. The van der Waals surface area contributed by atoms with Crippen molar-refractivity contribution in [3.8, 4) is 10.6 Å². The first-order chi connectivity index (χ1) is 13.2. The second-order valence-electron chi connectivity index (χ2n) is 6.78. The quantitative estimate of drug-likeness (QED) is 0.698. The van der Waals surface area contributed by atoms with Crippen molar-refractivity contribution in [1.82, 2.24) is 15.1 Å². The molecule has 0 radical (unpaired) electrons. The summed E-state index contributed by atoms with van der Waals surface area (Å²) in [5, 5.41) is 10.8. The lowest BCUT2D eigenvalue weighted by molar-refractivity contribution is -0.130. The van der Waals surface area contributed by atoms with Crippen molar-refractivity contribution < 1.29 is 4.79 Å². The highest BCUT2D eigenvalue weighted by atomic mass is 32.1. The predicted octanol–water partition coefficient (Wildman–Crippen LogP) is 3.40. The Morgan fingerprint density at radius 1 is 1.00 bits per heavy atom. The highest BCUT2D eigenvalue weighted by Crippen LogP contribution is 2.23. The van der Waals surface area contributed by atoms with Gasteiger partial charge in [0.15, 0.2) is 5.82 Å². The van der Waals surface area contributed by atoms with E-state index < -0.39 is 0 Å². The summed E-state index contributed by atoms with van der Waals surface area (Å²) in [6, 6.07) is 16.3. The molecule has 0 N–H and O–H groups in total. The monoisotopic (exact) mass is 378 g/mol. The second kappa shape index (κ2) is 7.88. The molecule has 1 aliphatic heterocycles. The van der Waals surface area contributed by atoms with Gasteiger partial charge >= 0.3 is 0 Å². The van der Waals surface area contributed by atoms with E-state index in [2.05, 4.69) is 34.2 Å². The Bertz CT molecular complexity index is 883. The number of thiophene rings is 1. The number of piperazine rings is 1. The number of carbonyl (C=O) groups is 1. The van der Waals surface area contributed by atoms with Crippen LogP contribution < -0.4 is 4.90 Å². The molecule has 1 amide bonds. The largest absolute Gasteiger partial charge is 0.352 e. The minimum Gasteiger partial charge on any atom is -0.352 e. The first-order valence-electron chi connectivity index (χ1n) is 9.15. The summed E-state index contributed by atoms with van der Waals surface area (Å²) < 4.78 is 0. The van der Waals surface area contributed by atoms with E-state index in [0.717, 1.165) is 48.1 Å². The van der Waals surface area contributed by atoms with Crippen molar-refractivity contribution in [3.63, 3.8) is 0 Å². The van der Waals surface area contributed by atoms with Gasteiger partial charge in [-0.1, -0.05) is 35.9 Å². The molecule has 138 valence electrons. The van der Waals surface area contributed by atoms with Crippen LogP contribution in [0.15, 0.2) is 53.9 Å². The number of hydrogen-bond donors (Lipinski definition) is 0. The van der Waals surface area contributed by atoms with Gasteiger partial charge in [-0.2, -0.15) is 0 Å². The normalized spacial score (nSPS) is 14.4. The standard InChI is InChI=1S/C21H22N4OS/c1-16-4-6-17(7-5-16)15-21(26)25-12-10-24(11-13-25)20-9-8-18(22-23-20)19-3-2-14-27-19/h2-9,14H,10-13,15H2,1H3. The van der Waals surface area contributed by atoms with Crippen LogP contribution in [0.4, 0.5) is 5.82 Å². The minimum absolute atomic E-state index is 0.192. The minimum atomic E-state index is 0.192. The van der Waals surface area contributed by atoms with Crippen LogP contribution in [0.1, 0.15) is 11.1 Å². The Balaban J connectivity index is 1.33. The topological polar surface area (TPSA) is 49.3 Å². The van der Waals surface area contributed by atoms with E-state index in [1.54, 1.807) is 11.3 Å². The summed E-state index contributed by atoms with van der Waals surface area (Å²) in [6.45, 7) is 5.07. The van der Waals surface area contributed by atoms with Gasteiger partial charge in [0.25, 0.3) is 0 Å². The van der Waals surface area contributed by atoms with Crippen LogP contribution in [-0.2, 0) is 11.2 Å². The lowest BCUT2D eigenvalue weighted by Crippen LogP contribution is -2.49. The Morgan fingerprint density at radius 3 is 2.41 bits per heavy atom. The first kappa shape index (κ1) is 17.7. The molecule has 2 aromatic heterocycles. The number of benzene rings is 1. The van der Waals surface area contributed by atoms with Crippen molar-refractivity contribution in [2.24, 2.45) is 0 Å². The predicted molar refractivity (Wildman–Crippen MR) is 109 cm³/mol. The summed E-state index contributed by atoms with van der Waals surface area (Å²) in [4.78, 5) is 17.8. The number of rotatable bonds is 4. The SMILES string of the molecule is Cc1ccc(CC(=O)N2CCN(c3ccc(-c4cccs4)nn3)CC2)cc1. The number of aromatic nitrogens is 2. The maximum absolute atomic E-state index is 12.6. The van der Waals surface area contributed by atoms with Crippen molar-refractivity contribution in [2.45, 2.75) is 13.3 Å². The van der Waals surface area contributed by atoms with Gasteiger partial charge in [0.2, 0.25) is 5.91 Å². The van der Waals surface area contributed by atoms with Gasteiger partial charge in [-0.05, 0) is 36.1 Å². The Labute approximate surface area is 163 Å². The van der Waals surface area contributed by atoms with Crippen LogP contribution in [0.3, 0.4) is 0 Å². The number of hydrogen-bond acceptors (Lipinski definition) is 5. The molecule has 0 saturated carbocycles. The van der Waals surface area contributed by atoms with E-state index >= 15 is 0 Å². The van der Waals surface area contributed by atoms with E-state index in [-0.39, 0.29) is 5.91 Å². The highest BCUT2D eigenvalue weighted by Gasteiger charge is 2.22.